The monoisotopic (exact) mass is 239 g/mol. The Morgan fingerprint density at radius 3 is 2.94 bits per heavy atom. The van der Waals surface area contributed by atoms with Gasteiger partial charge in [0.15, 0.2) is 0 Å². The maximum Gasteiger partial charge on any atom is 0.339 e. The highest BCUT2D eigenvalue weighted by Gasteiger charge is 2.06. The van der Waals surface area contributed by atoms with Crippen LogP contribution in [-0.4, -0.2) is 28.3 Å². The molecule has 88 valence electrons. The van der Waals surface area contributed by atoms with Crippen molar-refractivity contribution in [3.05, 3.63) is 53.6 Å². The van der Waals surface area contributed by atoms with Gasteiger partial charge in [-0.25, -0.2) is 4.79 Å². The molecule has 0 aliphatic heterocycles. The average molecular weight is 239 g/mol. The Hall–Kier alpha value is -2.74. The van der Waals surface area contributed by atoms with Gasteiger partial charge < -0.3 is 4.74 Å². The molecule has 5 nitrogen and oxygen atoms in total. The van der Waals surface area contributed by atoms with Crippen molar-refractivity contribution >= 4 is 5.97 Å². The molecule has 0 fully saturated rings. The lowest BCUT2D eigenvalue weighted by molar-refractivity contribution is 0.0600. The van der Waals surface area contributed by atoms with E-state index in [2.05, 4.69) is 31.8 Å². The van der Waals surface area contributed by atoms with Crippen molar-refractivity contribution in [1.82, 2.24) is 15.2 Å². The second kappa shape index (κ2) is 5.55. The van der Waals surface area contributed by atoms with Crippen molar-refractivity contribution in [2.24, 2.45) is 0 Å². The van der Waals surface area contributed by atoms with Crippen LogP contribution >= 0.6 is 0 Å². The Labute approximate surface area is 104 Å². The van der Waals surface area contributed by atoms with Crippen molar-refractivity contribution in [1.29, 1.82) is 0 Å². The third kappa shape index (κ3) is 2.89. The minimum Gasteiger partial charge on any atom is -0.465 e. The standard InChI is InChI=1S/C13H9N3O2/c1-18-13(17)11-7-12(16-15-9-11)5-4-10-3-2-6-14-8-10/h2-3,6-9H,1H3. The van der Waals surface area contributed by atoms with Crippen LogP contribution in [-0.2, 0) is 4.74 Å². The summed E-state index contributed by atoms with van der Waals surface area (Å²) in [6.07, 6.45) is 4.65. The molecule has 2 rings (SSSR count). The molecule has 18 heavy (non-hydrogen) atoms. The number of pyridine rings is 1. The van der Waals surface area contributed by atoms with Crippen LogP contribution in [0.3, 0.4) is 0 Å². The lowest BCUT2D eigenvalue weighted by Crippen LogP contribution is -2.03. The molecule has 0 bridgehead atoms. The highest BCUT2D eigenvalue weighted by atomic mass is 16.5. The van der Waals surface area contributed by atoms with Gasteiger partial charge in [0.2, 0.25) is 0 Å². The van der Waals surface area contributed by atoms with Crippen LogP contribution < -0.4 is 0 Å². The van der Waals surface area contributed by atoms with Gasteiger partial charge in [0, 0.05) is 18.0 Å². The average Bonchev–Trinajstić information content (AvgIpc) is 2.45. The molecule has 2 aromatic rings. The van der Waals surface area contributed by atoms with E-state index >= 15 is 0 Å². The number of ether oxygens (including phenoxy) is 1. The Morgan fingerprint density at radius 1 is 1.33 bits per heavy atom. The quantitative estimate of drug-likeness (QED) is 0.550. The van der Waals surface area contributed by atoms with Crippen LogP contribution in [0.4, 0.5) is 0 Å². The molecule has 0 spiro atoms. The molecule has 0 radical (unpaired) electrons. The van der Waals surface area contributed by atoms with E-state index in [1.807, 2.05) is 6.07 Å². The molecule has 2 aromatic heterocycles. The number of aromatic nitrogens is 3. The lowest BCUT2D eigenvalue weighted by Gasteiger charge is -1.97. The Kier molecular flexibility index (Phi) is 3.62. The number of nitrogens with zero attached hydrogens (tertiary/aromatic N) is 3. The third-order valence-corrected chi connectivity index (χ3v) is 2.07. The van der Waals surface area contributed by atoms with Crippen LogP contribution in [0.1, 0.15) is 21.6 Å². The van der Waals surface area contributed by atoms with E-state index in [4.69, 9.17) is 0 Å². The SMILES string of the molecule is COC(=O)c1cnnc(C#Cc2cccnc2)c1. The summed E-state index contributed by atoms with van der Waals surface area (Å²) in [6, 6.07) is 5.15. The molecule has 0 aromatic carbocycles. The summed E-state index contributed by atoms with van der Waals surface area (Å²) < 4.78 is 4.59. The maximum absolute atomic E-state index is 11.3. The Morgan fingerprint density at radius 2 is 2.22 bits per heavy atom. The van der Waals surface area contributed by atoms with Crippen molar-refractivity contribution < 1.29 is 9.53 Å². The first-order valence-corrected chi connectivity index (χ1v) is 5.12. The molecule has 0 aliphatic rings. The largest absolute Gasteiger partial charge is 0.465 e. The van der Waals surface area contributed by atoms with E-state index < -0.39 is 5.97 Å². The summed E-state index contributed by atoms with van der Waals surface area (Å²) in [4.78, 5) is 15.2. The van der Waals surface area contributed by atoms with E-state index in [-0.39, 0.29) is 0 Å². The molecule has 0 aliphatic carbocycles. The van der Waals surface area contributed by atoms with E-state index in [1.54, 1.807) is 18.5 Å². The minimum atomic E-state index is -0.464. The van der Waals surface area contributed by atoms with Gasteiger partial charge in [0.05, 0.1) is 18.9 Å². The van der Waals surface area contributed by atoms with Crippen LogP contribution in [0.25, 0.3) is 0 Å². The van der Waals surface area contributed by atoms with E-state index in [0.717, 1.165) is 5.56 Å². The summed E-state index contributed by atoms with van der Waals surface area (Å²) in [5.74, 6) is 5.22. The first-order valence-electron chi connectivity index (χ1n) is 5.12. The number of methoxy groups -OCH3 is 1. The fraction of sp³-hybridized carbons (Fsp3) is 0.0769. The zero-order valence-corrected chi connectivity index (χ0v) is 9.62. The molecule has 0 saturated heterocycles. The highest BCUT2D eigenvalue weighted by Crippen LogP contribution is 2.01. The van der Waals surface area contributed by atoms with Crippen LogP contribution in [0.2, 0.25) is 0 Å². The first-order chi connectivity index (χ1) is 8.79. The summed E-state index contributed by atoms with van der Waals surface area (Å²) in [5, 5.41) is 7.52. The number of hydrogen-bond donors (Lipinski definition) is 0. The number of rotatable bonds is 1. The topological polar surface area (TPSA) is 65.0 Å². The molecule has 0 N–H and O–H groups in total. The second-order valence-corrected chi connectivity index (χ2v) is 3.31. The minimum absolute atomic E-state index is 0.322. The Bertz CT molecular complexity index is 615. The molecule has 0 saturated carbocycles. The van der Waals surface area contributed by atoms with Gasteiger partial charge in [0.25, 0.3) is 0 Å². The van der Waals surface area contributed by atoms with E-state index in [0.29, 0.717) is 11.3 Å². The molecular formula is C13H9N3O2. The van der Waals surface area contributed by atoms with Crippen molar-refractivity contribution in [3.8, 4) is 11.8 Å². The predicted octanol–water partition coefficient (Wildman–Crippen LogP) is 1.06. The predicted molar refractivity (Wildman–Crippen MR) is 63.6 cm³/mol. The zero-order chi connectivity index (χ0) is 12.8. The second-order valence-electron chi connectivity index (χ2n) is 3.31. The number of hydrogen-bond acceptors (Lipinski definition) is 5. The normalized spacial score (nSPS) is 9.17. The molecule has 2 heterocycles. The lowest BCUT2D eigenvalue weighted by atomic mass is 10.2. The first kappa shape index (κ1) is 11.7. The van der Waals surface area contributed by atoms with Gasteiger partial charge in [0.1, 0.15) is 5.69 Å². The number of carbonyl (C=O) groups is 1. The zero-order valence-electron chi connectivity index (χ0n) is 9.62. The van der Waals surface area contributed by atoms with Crippen LogP contribution in [0, 0.1) is 11.8 Å². The van der Waals surface area contributed by atoms with Crippen LogP contribution in [0.5, 0.6) is 0 Å². The Balaban J connectivity index is 2.25. The summed E-state index contributed by atoms with van der Waals surface area (Å²) in [5.41, 5.74) is 1.49. The number of esters is 1. The molecule has 5 heteroatoms. The fourth-order valence-corrected chi connectivity index (χ4v) is 1.23. The summed E-state index contributed by atoms with van der Waals surface area (Å²) in [7, 11) is 1.31. The van der Waals surface area contributed by atoms with Gasteiger partial charge in [-0.05, 0) is 24.1 Å². The highest BCUT2D eigenvalue weighted by molar-refractivity contribution is 5.89. The summed E-state index contributed by atoms with van der Waals surface area (Å²) in [6.45, 7) is 0. The molecule has 0 atom stereocenters. The van der Waals surface area contributed by atoms with E-state index in [1.165, 1.54) is 19.4 Å². The van der Waals surface area contributed by atoms with Gasteiger partial charge in [-0.2, -0.15) is 5.10 Å². The number of carbonyl (C=O) groups excluding carboxylic acids is 1. The van der Waals surface area contributed by atoms with E-state index in [9.17, 15) is 4.79 Å². The van der Waals surface area contributed by atoms with Crippen LogP contribution in [0.15, 0.2) is 36.8 Å². The van der Waals surface area contributed by atoms with Crippen molar-refractivity contribution in [2.75, 3.05) is 7.11 Å². The van der Waals surface area contributed by atoms with Gasteiger partial charge in [-0.1, -0.05) is 5.92 Å². The van der Waals surface area contributed by atoms with Gasteiger partial charge in [-0.15, -0.1) is 5.10 Å². The van der Waals surface area contributed by atoms with Crippen molar-refractivity contribution in [2.45, 2.75) is 0 Å². The molecule has 0 amide bonds. The van der Waals surface area contributed by atoms with Gasteiger partial charge in [-0.3, -0.25) is 4.98 Å². The molecule has 0 unspecified atom stereocenters. The maximum atomic E-state index is 11.3. The fourth-order valence-electron chi connectivity index (χ4n) is 1.23. The third-order valence-electron chi connectivity index (χ3n) is 2.07. The molecular weight excluding hydrogens is 230 g/mol. The van der Waals surface area contributed by atoms with Crippen molar-refractivity contribution in [3.63, 3.8) is 0 Å². The smallest absolute Gasteiger partial charge is 0.339 e. The van der Waals surface area contributed by atoms with Gasteiger partial charge >= 0.3 is 5.97 Å². The summed E-state index contributed by atoms with van der Waals surface area (Å²) >= 11 is 0.